The van der Waals surface area contributed by atoms with Crippen molar-refractivity contribution in [3.63, 3.8) is 0 Å². The smallest absolute Gasteiger partial charge is 0.247 e. The van der Waals surface area contributed by atoms with Crippen LogP contribution >= 0.6 is 11.8 Å². The SMILES string of the molecule is CC=CC1=CN2C(=O)C(N)[C@@H]2SC1. The van der Waals surface area contributed by atoms with E-state index >= 15 is 0 Å². The van der Waals surface area contributed by atoms with E-state index < -0.39 is 0 Å². The second-order valence-electron chi connectivity index (χ2n) is 3.18. The molecule has 3 nitrogen and oxygen atoms in total. The van der Waals surface area contributed by atoms with E-state index in [4.69, 9.17) is 5.73 Å². The lowest BCUT2D eigenvalue weighted by Crippen LogP contribution is -2.65. The second-order valence-corrected chi connectivity index (χ2v) is 4.28. The molecular formula is C9H12N2OS. The normalized spacial score (nSPS) is 32.9. The summed E-state index contributed by atoms with van der Waals surface area (Å²) in [5, 5.41) is 0.182. The van der Waals surface area contributed by atoms with Crippen LogP contribution in [0.5, 0.6) is 0 Å². The van der Waals surface area contributed by atoms with Gasteiger partial charge in [-0.05, 0) is 12.5 Å². The molecule has 0 aliphatic carbocycles. The molecule has 1 unspecified atom stereocenters. The van der Waals surface area contributed by atoms with Crippen LogP contribution in [0, 0.1) is 0 Å². The number of thioether (sulfide) groups is 1. The van der Waals surface area contributed by atoms with Gasteiger partial charge in [0.05, 0.1) is 0 Å². The zero-order chi connectivity index (χ0) is 9.42. The molecule has 2 heterocycles. The minimum atomic E-state index is -0.284. The molecule has 0 aromatic heterocycles. The fourth-order valence-electron chi connectivity index (χ4n) is 1.53. The molecule has 0 saturated carbocycles. The number of β-lactam (4-membered cyclic amide) rings is 1. The van der Waals surface area contributed by atoms with Gasteiger partial charge in [0.25, 0.3) is 0 Å². The topological polar surface area (TPSA) is 46.3 Å². The molecule has 4 heteroatoms. The van der Waals surface area contributed by atoms with Crippen LogP contribution < -0.4 is 5.73 Å². The minimum absolute atomic E-state index is 0.0409. The average Bonchev–Trinajstić information content (AvgIpc) is 2.17. The number of hydrogen-bond donors (Lipinski definition) is 1. The first kappa shape index (κ1) is 8.84. The molecule has 1 fully saturated rings. The third-order valence-electron chi connectivity index (χ3n) is 2.23. The Balaban J connectivity index is 2.15. The molecule has 0 bridgehead atoms. The highest BCUT2D eigenvalue weighted by Gasteiger charge is 2.45. The molecule has 70 valence electrons. The highest BCUT2D eigenvalue weighted by Crippen LogP contribution is 2.35. The molecule has 1 amide bonds. The van der Waals surface area contributed by atoms with Gasteiger partial charge in [0.2, 0.25) is 5.91 Å². The highest BCUT2D eigenvalue weighted by molar-refractivity contribution is 8.00. The summed E-state index contributed by atoms with van der Waals surface area (Å²) >= 11 is 1.73. The van der Waals surface area contributed by atoms with Gasteiger partial charge >= 0.3 is 0 Å². The largest absolute Gasteiger partial charge is 0.317 e. The maximum atomic E-state index is 11.3. The molecule has 0 spiro atoms. The number of carbonyl (C=O) groups is 1. The summed E-state index contributed by atoms with van der Waals surface area (Å²) in [5.74, 6) is 0.992. The summed E-state index contributed by atoms with van der Waals surface area (Å²) in [6.07, 6.45) is 5.92. The number of carbonyl (C=O) groups excluding carboxylic acids is 1. The van der Waals surface area contributed by atoms with Gasteiger partial charge in [-0.25, -0.2) is 0 Å². The van der Waals surface area contributed by atoms with Crippen molar-refractivity contribution in [2.24, 2.45) is 5.73 Å². The Morgan fingerprint density at radius 1 is 1.77 bits per heavy atom. The molecule has 0 radical (unpaired) electrons. The Labute approximate surface area is 81.7 Å². The Bertz CT molecular complexity index is 298. The van der Waals surface area contributed by atoms with Gasteiger partial charge in [-0.15, -0.1) is 11.8 Å². The maximum Gasteiger partial charge on any atom is 0.247 e. The lowest BCUT2D eigenvalue weighted by Gasteiger charge is -2.45. The molecule has 2 aliphatic heterocycles. The van der Waals surface area contributed by atoms with E-state index in [0.717, 1.165) is 5.75 Å². The molecule has 0 aromatic carbocycles. The molecule has 1 saturated heterocycles. The van der Waals surface area contributed by atoms with Crippen molar-refractivity contribution in [3.8, 4) is 0 Å². The number of rotatable bonds is 1. The summed E-state index contributed by atoms with van der Waals surface area (Å²) in [6.45, 7) is 1.97. The summed E-state index contributed by atoms with van der Waals surface area (Å²) < 4.78 is 0. The van der Waals surface area contributed by atoms with Crippen LogP contribution in [0.2, 0.25) is 0 Å². The van der Waals surface area contributed by atoms with Crippen LogP contribution in [0.25, 0.3) is 0 Å². The van der Waals surface area contributed by atoms with Gasteiger partial charge < -0.3 is 10.6 Å². The Morgan fingerprint density at radius 2 is 2.54 bits per heavy atom. The van der Waals surface area contributed by atoms with E-state index in [-0.39, 0.29) is 17.3 Å². The van der Waals surface area contributed by atoms with E-state index in [9.17, 15) is 4.79 Å². The van der Waals surface area contributed by atoms with Crippen LogP contribution in [-0.4, -0.2) is 28.0 Å². The van der Waals surface area contributed by atoms with Crippen LogP contribution in [0.1, 0.15) is 6.92 Å². The standard InChI is InChI=1S/C9H12N2OS/c1-2-3-6-4-11-8(12)7(10)9(11)13-5-6/h2-4,7,9H,5,10H2,1H3/t7?,9-/m0/s1. The van der Waals surface area contributed by atoms with Crippen molar-refractivity contribution < 1.29 is 4.79 Å². The molecule has 0 aromatic rings. The van der Waals surface area contributed by atoms with Gasteiger partial charge in [-0.2, -0.15) is 0 Å². The third kappa shape index (κ3) is 1.30. The lowest BCUT2D eigenvalue weighted by atomic mass is 10.1. The molecule has 2 aliphatic rings. The maximum absolute atomic E-state index is 11.3. The first-order chi connectivity index (χ1) is 6.24. The zero-order valence-corrected chi connectivity index (χ0v) is 8.25. The van der Waals surface area contributed by atoms with Crippen molar-refractivity contribution in [1.82, 2.24) is 4.90 Å². The predicted molar refractivity (Wildman–Crippen MR) is 54.0 cm³/mol. The summed E-state index contributed by atoms with van der Waals surface area (Å²) in [5.41, 5.74) is 6.82. The van der Waals surface area contributed by atoms with E-state index in [0.29, 0.717) is 0 Å². The van der Waals surface area contributed by atoms with E-state index in [1.54, 1.807) is 16.7 Å². The van der Waals surface area contributed by atoms with Crippen LogP contribution in [-0.2, 0) is 4.79 Å². The average molecular weight is 196 g/mol. The van der Waals surface area contributed by atoms with Gasteiger partial charge in [0.15, 0.2) is 0 Å². The van der Waals surface area contributed by atoms with Crippen LogP contribution in [0.15, 0.2) is 23.9 Å². The number of allylic oxidation sites excluding steroid dienone is 2. The number of amides is 1. The molecular weight excluding hydrogens is 184 g/mol. The van der Waals surface area contributed by atoms with E-state index in [1.807, 2.05) is 25.3 Å². The predicted octanol–water partition coefficient (Wildman–Crippen LogP) is 0.689. The monoisotopic (exact) mass is 196 g/mol. The molecule has 13 heavy (non-hydrogen) atoms. The van der Waals surface area contributed by atoms with Gasteiger partial charge in [0.1, 0.15) is 11.4 Å². The van der Waals surface area contributed by atoms with Crippen LogP contribution in [0.3, 0.4) is 0 Å². The zero-order valence-electron chi connectivity index (χ0n) is 7.43. The van der Waals surface area contributed by atoms with Crippen molar-refractivity contribution in [2.75, 3.05) is 5.75 Å². The quantitative estimate of drug-likeness (QED) is 0.628. The van der Waals surface area contributed by atoms with Gasteiger partial charge in [0, 0.05) is 12.0 Å². The second kappa shape index (κ2) is 3.20. The molecule has 2 rings (SSSR count). The number of nitrogens with two attached hydrogens (primary N) is 1. The first-order valence-corrected chi connectivity index (χ1v) is 5.31. The number of fused-ring (bicyclic) bond motifs is 1. The van der Waals surface area contributed by atoms with Gasteiger partial charge in [-0.3, -0.25) is 4.79 Å². The Hall–Kier alpha value is -0.740. The van der Waals surface area contributed by atoms with Crippen molar-refractivity contribution in [1.29, 1.82) is 0 Å². The molecule has 2 atom stereocenters. The first-order valence-electron chi connectivity index (χ1n) is 4.27. The fraction of sp³-hybridized carbons (Fsp3) is 0.444. The summed E-state index contributed by atoms with van der Waals surface area (Å²) in [7, 11) is 0. The van der Waals surface area contributed by atoms with Crippen molar-refractivity contribution >= 4 is 17.7 Å². The highest BCUT2D eigenvalue weighted by atomic mass is 32.2. The lowest BCUT2D eigenvalue weighted by molar-refractivity contribution is -0.140. The molecule has 2 N–H and O–H groups in total. The number of nitrogens with zero attached hydrogens (tertiary/aromatic N) is 1. The fourth-order valence-corrected chi connectivity index (χ4v) is 2.72. The van der Waals surface area contributed by atoms with Crippen molar-refractivity contribution in [3.05, 3.63) is 23.9 Å². The minimum Gasteiger partial charge on any atom is -0.317 e. The van der Waals surface area contributed by atoms with Crippen molar-refractivity contribution in [2.45, 2.75) is 18.3 Å². The van der Waals surface area contributed by atoms with Gasteiger partial charge in [-0.1, -0.05) is 12.2 Å². The number of hydrogen-bond acceptors (Lipinski definition) is 3. The van der Waals surface area contributed by atoms with Crippen LogP contribution in [0.4, 0.5) is 0 Å². The summed E-state index contributed by atoms with van der Waals surface area (Å²) in [4.78, 5) is 13.0. The Morgan fingerprint density at radius 3 is 3.23 bits per heavy atom. The summed E-state index contributed by atoms with van der Waals surface area (Å²) in [6, 6.07) is -0.284. The van der Waals surface area contributed by atoms with E-state index in [2.05, 4.69) is 0 Å². The third-order valence-corrected chi connectivity index (χ3v) is 3.59. The van der Waals surface area contributed by atoms with E-state index in [1.165, 1.54) is 5.57 Å². The Kier molecular flexibility index (Phi) is 2.17.